The number of hydrogen-bond donors (Lipinski definition) is 0. The highest BCUT2D eigenvalue weighted by Gasteiger charge is 2.22. The molecule has 0 saturated carbocycles. The summed E-state index contributed by atoms with van der Waals surface area (Å²) in [6.45, 7) is 1.79. The van der Waals surface area contributed by atoms with E-state index in [1.54, 1.807) is 18.4 Å². The Morgan fingerprint density at radius 2 is 1.87 bits per heavy atom. The van der Waals surface area contributed by atoms with Gasteiger partial charge in [-0.2, -0.15) is 0 Å². The van der Waals surface area contributed by atoms with Crippen LogP contribution in [0.2, 0.25) is 0 Å². The van der Waals surface area contributed by atoms with Crippen LogP contribution in [0.25, 0.3) is 10.2 Å². The van der Waals surface area contributed by atoms with Crippen molar-refractivity contribution in [3.63, 3.8) is 0 Å². The number of hydrogen-bond acceptors (Lipinski definition) is 6. The molecule has 0 N–H and O–H groups in total. The van der Waals surface area contributed by atoms with E-state index in [2.05, 4.69) is 4.90 Å². The molecule has 0 radical (unpaired) electrons. The molecule has 6 nitrogen and oxygen atoms in total. The van der Waals surface area contributed by atoms with E-state index < -0.39 is 0 Å². The molecule has 2 heterocycles. The van der Waals surface area contributed by atoms with Gasteiger partial charge in [-0.1, -0.05) is 0 Å². The maximum Gasteiger partial charge on any atom is 0.262 e. The number of aromatic nitrogens is 2. The van der Waals surface area contributed by atoms with E-state index in [1.165, 1.54) is 16.9 Å². The average Bonchev–Trinajstić information content (AvgIpc) is 3.11. The third kappa shape index (κ3) is 4.37. The van der Waals surface area contributed by atoms with E-state index in [9.17, 15) is 4.79 Å². The van der Waals surface area contributed by atoms with Crippen molar-refractivity contribution >= 4 is 21.6 Å². The molecular weight excluding hydrogens is 398 g/mol. The number of ether oxygens (including phenoxy) is 2. The molecule has 30 heavy (non-hydrogen) atoms. The van der Waals surface area contributed by atoms with Crippen LogP contribution < -0.4 is 15.0 Å². The zero-order valence-electron chi connectivity index (χ0n) is 17.9. The van der Waals surface area contributed by atoms with Gasteiger partial charge in [-0.3, -0.25) is 9.36 Å². The summed E-state index contributed by atoms with van der Waals surface area (Å²) in [4.78, 5) is 22.7. The van der Waals surface area contributed by atoms with E-state index in [0.717, 1.165) is 53.2 Å². The highest BCUT2D eigenvalue weighted by Crippen LogP contribution is 2.33. The molecule has 2 aromatic heterocycles. The second-order valence-electron chi connectivity index (χ2n) is 7.99. The van der Waals surface area contributed by atoms with E-state index >= 15 is 0 Å². The van der Waals surface area contributed by atoms with Crippen molar-refractivity contribution in [3.8, 4) is 11.5 Å². The molecule has 1 aliphatic rings. The molecule has 1 aromatic carbocycles. The summed E-state index contributed by atoms with van der Waals surface area (Å²) in [5, 5.41) is 0.855. The predicted molar refractivity (Wildman–Crippen MR) is 121 cm³/mol. The first kappa shape index (κ1) is 20.9. The molecule has 0 bridgehead atoms. The normalized spacial score (nSPS) is 13.6. The zero-order valence-corrected chi connectivity index (χ0v) is 18.8. The number of aryl methyl sites for hydroxylation is 2. The lowest BCUT2D eigenvalue weighted by Crippen LogP contribution is -2.29. The first-order chi connectivity index (χ1) is 14.6. The minimum absolute atomic E-state index is 0.112. The Labute approximate surface area is 181 Å². The first-order valence-electron chi connectivity index (χ1n) is 10.5. The van der Waals surface area contributed by atoms with Crippen molar-refractivity contribution < 1.29 is 9.47 Å². The lowest BCUT2D eigenvalue weighted by molar-refractivity contribution is 0.296. The van der Waals surface area contributed by atoms with E-state index in [4.69, 9.17) is 14.5 Å². The summed E-state index contributed by atoms with van der Waals surface area (Å²) in [5.74, 6) is 2.44. The lowest BCUT2D eigenvalue weighted by Gasteiger charge is -2.16. The molecule has 0 amide bonds. The largest absolute Gasteiger partial charge is 0.497 e. The zero-order chi connectivity index (χ0) is 21.1. The van der Waals surface area contributed by atoms with Crippen molar-refractivity contribution in [2.45, 2.75) is 45.2 Å². The van der Waals surface area contributed by atoms with Gasteiger partial charge in [0.15, 0.2) is 0 Å². The molecule has 0 aliphatic heterocycles. The van der Waals surface area contributed by atoms with Gasteiger partial charge >= 0.3 is 0 Å². The van der Waals surface area contributed by atoms with Crippen molar-refractivity contribution in [2.75, 3.05) is 27.8 Å². The molecule has 4 rings (SSSR count). The van der Waals surface area contributed by atoms with Gasteiger partial charge < -0.3 is 14.4 Å². The fourth-order valence-corrected chi connectivity index (χ4v) is 5.27. The number of rotatable bonds is 8. The molecule has 0 saturated heterocycles. The minimum atomic E-state index is 0.112. The number of methoxy groups -OCH3 is 1. The molecule has 1 aliphatic carbocycles. The standard InChI is InChI=1S/C23H29N3O3S/c1-25(2)15-20-24-22-21(18-7-4-5-8-19(18)30-22)23(27)26(20)13-6-14-29-17-11-9-16(28-3)10-12-17/h9-12H,4-8,13-15H2,1-3H3. The summed E-state index contributed by atoms with van der Waals surface area (Å²) in [6, 6.07) is 7.56. The fraction of sp³-hybridized carbons (Fsp3) is 0.478. The maximum absolute atomic E-state index is 13.5. The molecule has 160 valence electrons. The van der Waals surface area contributed by atoms with Gasteiger partial charge in [-0.15, -0.1) is 11.3 Å². The summed E-state index contributed by atoms with van der Waals surface area (Å²) in [6.07, 6.45) is 5.19. The smallest absolute Gasteiger partial charge is 0.262 e. The van der Waals surface area contributed by atoms with Crippen LogP contribution in [0.4, 0.5) is 0 Å². The van der Waals surface area contributed by atoms with Crippen LogP contribution in [0, 0.1) is 0 Å². The summed E-state index contributed by atoms with van der Waals surface area (Å²) in [5.41, 5.74) is 1.36. The van der Waals surface area contributed by atoms with Gasteiger partial charge in [-0.25, -0.2) is 4.98 Å². The first-order valence-corrected chi connectivity index (χ1v) is 11.3. The molecule has 0 unspecified atom stereocenters. The Morgan fingerprint density at radius 1 is 1.13 bits per heavy atom. The second-order valence-corrected chi connectivity index (χ2v) is 9.07. The van der Waals surface area contributed by atoms with Gasteiger partial charge in [0.2, 0.25) is 0 Å². The Morgan fingerprint density at radius 3 is 2.60 bits per heavy atom. The quantitative estimate of drug-likeness (QED) is 0.511. The van der Waals surface area contributed by atoms with Crippen LogP contribution in [0.3, 0.4) is 0 Å². The fourth-order valence-electron chi connectivity index (χ4n) is 4.00. The highest BCUT2D eigenvalue weighted by atomic mass is 32.1. The van der Waals surface area contributed by atoms with Crippen molar-refractivity contribution in [3.05, 3.63) is 50.9 Å². The van der Waals surface area contributed by atoms with E-state index in [1.807, 2.05) is 42.9 Å². The van der Waals surface area contributed by atoms with Crippen LogP contribution in [-0.2, 0) is 25.9 Å². The third-order valence-corrected chi connectivity index (χ3v) is 6.65. The molecule has 0 spiro atoms. The second kappa shape index (κ2) is 9.18. The Balaban J connectivity index is 1.54. The SMILES string of the molecule is COc1ccc(OCCCn2c(CN(C)C)nc3sc4c(c3c2=O)CCCC4)cc1. The highest BCUT2D eigenvalue weighted by molar-refractivity contribution is 7.18. The maximum atomic E-state index is 13.5. The monoisotopic (exact) mass is 427 g/mol. The summed E-state index contributed by atoms with van der Waals surface area (Å²) in [7, 11) is 5.66. The molecular formula is C23H29N3O3S. The Kier molecular flexibility index (Phi) is 6.39. The Hall–Kier alpha value is -2.38. The number of thiophene rings is 1. The van der Waals surface area contributed by atoms with Crippen LogP contribution in [-0.4, -0.2) is 42.3 Å². The molecule has 7 heteroatoms. The van der Waals surface area contributed by atoms with Crippen LogP contribution in [0.5, 0.6) is 11.5 Å². The van der Waals surface area contributed by atoms with Gasteiger partial charge in [0.1, 0.15) is 22.2 Å². The number of fused-ring (bicyclic) bond motifs is 3. The summed E-state index contributed by atoms with van der Waals surface area (Å²) < 4.78 is 12.9. The third-order valence-electron chi connectivity index (χ3n) is 5.47. The van der Waals surface area contributed by atoms with Crippen LogP contribution in [0.15, 0.2) is 29.1 Å². The van der Waals surface area contributed by atoms with Crippen molar-refractivity contribution in [1.29, 1.82) is 0 Å². The molecule has 0 atom stereocenters. The van der Waals surface area contributed by atoms with Crippen LogP contribution >= 0.6 is 11.3 Å². The van der Waals surface area contributed by atoms with Crippen molar-refractivity contribution in [1.82, 2.24) is 14.5 Å². The number of benzene rings is 1. The molecule has 0 fully saturated rings. The lowest BCUT2D eigenvalue weighted by atomic mass is 9.97. The van der Waals surface area contributed by atoms with Gasteiger partial charge in [0.25, 0.3) is 5.56 Å². The topological polar surface area (TPSA) is 56.6 Å². The average molecular weight is 428 g/mol. The number of nitrogens with zero attached hydrogens (tertiary/aromatic N) is 3. The van der Waals surface area contributed by atoms with Gasteiger partial charge in [-0.05, 0) is 76.0 Å². The van der Waals surface area contributed by atoms with Gasteiger partial charge in [0.05, 0.1) is 25.6 Å². The summed E-state index contributed by atoms with van der Waals surface area (Å²) >= 11 is 1.71. The predicted octanol–water partition coefficient (Wildman–Crippen LogP) is 3.88. The van der Waals surface area contributed by atoms with Crippen molar-refractivity contribution in [2.24, 2.45) is 0 Å². The van der Waals surface area contributed by atoms with E-state index in [-0.39, 0.29) is 5.56 Å². The van der Waals surface area contributed by atoms with E-state index in [0.29, 0.717) is 19.7 Å². The Bertz CT molecular complexity index is 1070. The van der Waals surface area contributed by atoms with Gasteiger partial charge in [0, 0.05) is 11.4 Å². The van der Waals surface area contributed by atoms with Crippen LogP contribution in [0.1, 0.15) is 35.5 Å². The molecule has 3 aromatic rings. The minimum Gasteiger partial charge on any atom is -0.497 e.